The van der Waals surface area contributed by atoms with Gasteiger partial charge in [0.05, 0.1) is 6.61 Å². The Morgan fingerprint density at radius 1 is 1.00 bits per heavy atom. The summed E-state index contributed by atoms with van der Waals surface area (Å²) < 4.78 is 5.40. The van der Waals surface area contributed by atoms with Gasteiger partial charge in [-0.3, -0.25) is 0 Å². The lowest BCUT2D eigenvalue weighted by Crippen LogP contribution is -2.15. The molecule has 2 rings (SSSR count). The topological polar surface area (TPSA) is 72.0 Å². The van der Waals surface area contributed by atoms with Crippen molar-refractivity contribution in [2.75, 3.05) is 23.8 Å². The maximum absolute atomic E-state index is 5.40. The second-order valence-electron chi connectivity index (χ2n) is 6.25. The molecule has 1 saturated carbocycles. The minimum Gasteiger partial charge on any atom is -0.464 e. The van der Waals surface area contributed by atoms with E-state index in [-0.39, 0.29) is 10.8 Å². The molecule has 112 valence electrons. The average molecular weight is 279 g/mol. The Morgan fingerprint density at radius 2 is 1.60 bits per heavy atom. The van der Waals surface area contributed by atoms with Crippen LogP contribution in [-0.2, 0) is 0 Å². The summed E-state index contributed by atoms with van der Waals surface area (Å²) in [5.41, 5.74) is 0.452. The van der Waals surface area contributed by atoms with E-state index in [0.29, 0.717) is 30.6 Å². The van der Waals surface area contributed by atoms with E-state index in [1.165, 1.54) is 0 Å². The lowest BCUT2D eigenvalue weighted by Gasteiger charge is -2.10. The fourth-order valence-electron chi connectivity index (χ4n) is 2.54. The molecule has 0 saturated heterocycles. The molecule has 2 N–H and O–H groups in total. The predicted molar refractivity (Wildman–Crippen MR) is 80.1 cm³/mol. The molecule has 1 heterocycles. The molecule has 6 heteroatoms. The molecule has 0 spiro atoms. The van der Waals surface area contributed by atoms with E-state index in [0.717, 1.165) is 6.54 Å². The van der Waals surface area contributed by atoms with Crippen LogP contribution in [0, 0.1) is 10.8 Å². The first-order valence-electron chi connectivity index (χ1n) is 7.22. The fraction of sp³-hybridized carbons (Fsp3) is 0.786. The van der Waals surface area contributed by atoms with Gasteiger partial charge in [-0.05, 0) is 24.7 Å². The first-order chi connectivity index (χ1) is 9.32. The van der Waals surface area contributed by atoms with Gasteiger partial charge >= 0.3 is 6.01 Å². The molecule has 0 aromatic carbocycles. The standard InChI is InChI=1S/C14H25N5O/c1-7-15-10-17-11(19-12(18-10)20-8-2)16-9-13(3,4)14(9,5)6/h9H,7-8H2,1-6H3,(H2,15,16,17,18,19). The highest BCUT2D eigenvalue weighted by atomic mass is 16.5. The molecular weight excluding hydrogens is 254 g/mol. The van der Waals surface area contributed by atoms with Gasteiger partial charge < -0.3 is 15.4 Å². The Hall–Kier alpha value is -1.59. The fourth-order valence-corrected chi connectivity index (χ4v) is 2.54. The molecule has 1 aromatic rings. The first-order valence-corrected chi connectivity index (χ1v) is 7.22. The molecule has 0 radical (unpaired) electrons. The van der Waals surface area contributed by atoms with Crippen molar-refractivity contribution in [1.82, 2.24) is 15.0 Å². The summed E-state index contributed by atoms with van der Waals surface area (Å²) in [6.45, 7) is 14.2. The maximum Gasteiger partial charge on any atom is 0.323 e. The molecule has 0 unspecified atom stereocenters. The van der Waals surface area contributed by atoms with E-state index < -0.39 is 0 Å². The van der Waals surface area contributed by atoms with Gasteiger partial charge in [-0.1, -0.05) is 27.7 Å². The summed E-state index contributed by atoms with van der Waals surface area (Å²) in [7, 11) is 0. The Kier molecular flexibility index (Phi) is 3.75. The van der Waals surface area contributed by atoms with Crippen molar-refractivity contribution in [1.29, 1.82) is 0 Å². The van der Waals surface area contributed by atoms with Crippen molar-refractivity contribution in [3.8, 4) is 6.01 Å². The molecule has 1 aromatic heterocycles. The lowest BCUT2D eigenvalue weighted by molar-refractivity contribution is 0.312. The zero-order valence-electron chi connectivity index (χ0n) is 13.2. The van der Waals surface area contributed by atoms with E-state index in [2.05, 4.69) is 53.3 Å². The molecule has 1 aliphatic carbocycles. The van der Waals surface area contributed by atoms with Gasteiger partial charge in [-0.25, -0.2) is 0 Å². The molecule has 20 heavy (non-hydrogen) atoms. The molecule has 0 amide bonds. The molecule has 0 atom stereocenters. The number of ether oxygens (including phenoxy) is 1. The number of hydrogen-bond donors (Lipinski definition) is 2. The molecule has 6 nitrogen and oxygen atoms in total. The minimum absolute atomic E-state index is 0.226. The van der Waals surface area contributed by atoms with E-state index in [1.807, 2.05) is 13.8 Å². The van der Waals surface area contributed by atoms with Crippen LogP contribution < -0.4 is 15.4 Å². The van der Waals surface area contributed by atoms with Crippen molar-refractivity contribution in [3.05, 3.63) is 0 Å². The average Bonchev–Trinajstić information content (AvgIpc) is 2.72. The van der Waals surface area contributed by atoms with Crippen LogP contribution in [0.4, 0.5) is 11.9 Å². The van der Waals surface area contributed by atoms with Crippen molar-refractivity contribution in [3.63, 3.8) is 0 Å². The predicted octanol–water partition coefficient (Wildman–Crippen LogP) is 2.55. The van der Waals surface area contributed by atoms with Crippen LogP contribution in [0.25, 0.3) is 0 Å². The Labute approximate surface area is 120 Å². The van der Waals surface area contributed by atoms with Crippen LogP contribution in [0.2, 0.25) is 0 Å². The smallest absolute Gasteiger partial charge is 0.323 e. The number of aromatic nitrogens is 3. The third-order valence-electron chi connectivity index (χ3n) is 4.52. The number of nitrogens with one attached hydrogen (secondary N) is 2. The highest BCUT2D eigenvalue weighted by Crippen LogP contribution is 2.63. The van der Waals surface area contributed by atoms with Gasteiger partial charge in [0.1, 0.15) is 0 Å². The maximum atomic E-state index is 5.40. The summed E-state index contributed by atoms with van der Waals surface area (Å²) in [6.07, 6.45) is 0. The van der Waals surface area contributed by atoms with Gasteiger partial charge in [0.15, 0.2) is 0 Å². The van der Waals surface area contributed by atoms with E-state index in [4.69, 9.17) is 4.74 Å². The Bertz CT molecular complexity index is 448. The zero-order chi connectivity index (χ0) is 15.0. The van der Waals surface area contributed by atoms with Gasteiger partial charge in [0.2, 0.25) is 11.9 Å². The monoisotopic (exact) mass is 279 g/mol. The highest BCUT2D eigenvalue weighted by molar-refractivity contribution is 5.41. The third kappa shape index (κ3) is 2.51. The SMILES string of the molecule is CCNc1nc(NC2C(C)(C)C2(C)C)nc(OCC)n1. The molecular formula is C14H25N5O. The normalized spacial score (nSPS) is 19.5. The van der Waals surface area contributed by atoms with Gasteiger partial charge in [0.25, 0.3) is 0 Å². The lowest BCUT2D eigenvalue weighted by atomic mass is 10.0. The van der Waals surface area contributed by atoms with Crippen molar-refractivity contribution < 1.29 is 4.74 Å². The van der Waals surface area contributed by atoms with Crippen molar-refractivity contribution in [2.45, 2.75) is 47.6 Å². The van der Waals surface area contributed by atoms with Gasteiger partial charge in [-0.15, -0.1) is 0 Å². The van der Waals surface area contributed by atoms with Crippen LogP contribution in [0.1, 0.15) is 41.5 Å². The molecule has 0 bridgehead atoms. The second kappa shape index (κ2) is 5.07. The Morgan fingerprint density at radius 3 is 2.10 bits per heavy atom. The van der Waals surface area contributed by atoms with Crippen LogP contribution in [0.3, 0.4) is 0 Å². The zero-order valence-corrected chi connectivity index (χ0v) is 13.2. The van der Waals surface area contributed by atoms with Crippen LogP contribution in [0.15, 0.2) is 0 Å². The van der Waals surface area contributed by atoms with E-state index >= 15 is 0 Å². The van der Waals surface area contributed by atoms with Gasteiger partial charge in [0, 0.05) is 12.6 Å². The summed E-state index contributed by atoms with van der Waals surface area (Å²) in [5, 5.41) is 6.51. The van der Waals surface area contributed by atoms with Crippen LogP contribution >= 0.6 is 0 Å². The number of nitrogens with zero attached hydrogens (tertiary/aromatic N) is 3. The highest BCUT2D eigenvalue weighted by Gasteiger charge is 2.65. The summed E-state index contributed by atoms with van der Waals surface area (Å²) in [4.78, 5) is 12.9. The summed E-state index contributed by atoms with van der Waals surface area (Å²) in [6, 6.07) is 0.707. The van der Waals surface area contributed by atoms with Crippen molar-refractivity contribution >= 4 is 11.9 Å². The second-order valence-corrected chi connectivity index (χ2v) is 6.25. The van der Waals surface area contributed by atoms with Crippen LogP contribution in [0.5, 0.6) is 6.01 Å². The summed E-state index contributed by atoms with van der Waals surface area (Å²) >= 11 is 0. The molecule has 0 aliphatic heterocycles. The van der Waals surface area contributed by atoms with Crippen molar-refractivity contribution in [2.24, 2.45) is 10.8 Å². The number of hydrogen-bond acceptors (Lipinski definition) is 6. The number of anilines is 2. The van der Waals surface area contributed by atoms with E-state index in [1.54, 1.807) is 0 Å². The molecule has 1 aliphatic rings. The Balaban J connectivity index is 2.19. The number of rotatable bonds is 6. The first kappa shape index (κ1) is 14.8. The summed E-state index contributed by atoms with van der Waals surface area (Å²) in [5.74, 6) is 1.12. The minimum atomic E-state index is 0.226. The van der Waals surface area contributed by atoms with Gasteiger partial charge in [-0.2, -0.15) is 15.0 Å². The third-order valence-corrected chi connectivity index (χ3v) is 4.52. The van der Waals surface area contributed by atoms with E-state index in [9.17, 15) is 0 Å². The molecule has 1 fully saturated rings. The van der Waals surface area contributed by atoms with Crippen LogP contribution in [-0.4, -0.2) is 34.1 Å². The largest absolute Gasteiger partial charge is 0.464 e. The quantitative estimate of drug-likeness (QED) is 0.834.